The van der Waals surface area contributed by atoms with Gasteiger partial charge >= 0.3 is 0 Å². The average molecular weight is 291 g/mol. The van der Waals surface area contributed by atoms with Gasteiger partial charge in [0.25, 0.3) is 0 Å². The Morgan fingerprint density at radius 3 is 2.58 bits per heavy atom. The SMILES string of the molecule is CC(C)C(CN)C(F)c1c(Cl)cnn1CCN(C)C. The highest BCUT2D eigenvalue weighted by Gasteiger charge is 2.29. The van der Waals surface area contributed by atoms with E-state index in [9.17, 15) is 4.39 Å². The van der Waals surface area contributed by atoms with Crippen molar-refractivity contribution in [3.8, 4) is 0 Å². The van der Waals surface area contributed by atoms with E-state index in [0.717, 1.165) is 6.54 Å². The molecule has 1 heterocycles. The molecule has 110 valence electrons. The van der Waals surface area contributed by atoms with E-state index in [2.05, 4.69) is 5.10 Å². The Bertz CT molecular complexity index is 392. The van der Waals surface area contributed by atoms with Gasteiger partial charge in [-0.3, -0.25) is 4.68 Å². The highest BCUT2D eigenvalue weighted by molar-refractivity contribution is 6.31. The maximum atomic E-state index is 14.7. The number of nitrogens with zero attached hydrogens (tertiary/aromatic N) is 3. The number of halogens is 2. The van der Waals surface area contributed by atoms with Gasteiger partial charge in [0.05, 0.1) is 23.5 Å². The van der Waals surface area contributed by atoms with Gasteiger partial charge in [-0.1, -0.05) is 25.4 Å². The number of hydrogen-bond donors (Lipinski definition) is 1. The minimum Gasteiger partial charge on any atom is -0.330 e. The largest absolute Gasteiger partial charge is 0.330 e. The molecule has 2 atom stereocenters. The van der Waals surface area contributed by atoms with Gasteiger partial charge in [0.2, 0.25) is 0 Å². The first-order valence-corrected chi connectivity index (χ1v) is 6.96. The second-order valence-electron chi connectivity index (χ2n) is 5.45. The Kier molecular flexibility index (Phi) is 6.23. The van der Waals surface area contributed by atoms with Gasteiger partial charge in [-0.25, -0.2) is 4.39 Å². The molecule has 0 saturated carbocycles. The number of nitrogens with two attached hydrogens (primary N) is 1. The Hall–Kier alpha value is -0.650. The third-order valence-corrected chi connectivity index (χ3v) is 3.65. The van der Waals surface area contributed by atoms with Crippen molar-refractivity contribution >= 4 is 11.6 Å². The highest BCUT2D eigenvalue weighted by Crippen LogP contribution is 2.34. The lowest BCUT2D eigenvalue weighted by Gasteiger charge is -2.24. The molecule has 0 saturated heterocycles. The highest BCUT2D eigenvalue weighted by atomic mass is 35.5. The lowest BCUT2D eigenvalue weighted by molar-refractivity contribution is 0.176. The van der Waals surface area contributed by atoms with E-state index in [1.165, 1.54) is 6.20 Å². The Labute approximate surface area is 119 Å². The van der Waals surface area contributed by atoms with Gasteiger partial charge in [-0.05, 0) is 26.6 Å². The second kappa shape index (κ2) is 7.22. The van der Waals surface area contributed by atoms with Crippen LogP contribution in [0.2, 0.25) is 5.02 Å². The molecule has 2 N–H and O–H groups in total. The normalized spacial score (nSPS) is 15.2. The number of likely N-dealkylation sites (N-methyl/N-ethyl adjacent to an activating group) is 1. The van der Waals surface area contributed by atoms with Crippen LogP contribution in [0, 0.1) is 11.8 Å². The molecule has 0 aliphatic carbocycles. The maximum absolute atomic E-state index is 14.7. The standard InChI is InChI=1S/C13H24ClFN4/c1-9(2)10(7-16)12(15)13-11(14)8-17-19(13)6-5-18(3)4/h8-10,12H,5-7,16H2,1-4H3. The van der Waals surface area contributed by atoms with E-state index in [1.54, 1.807) is 4.68 Å². The van der Waals surface area contributed by atoms with Gasteiger partial charge in [0, 0.05) is 12.5 Å². The van der Waals surface area contributed by atoms with Crippen molar-refractivity contribution in [2.45, 2.75) is 26.6 Å². The van der Waals surface area contributed by atoms with Crippen LogP contribution in [0.3, 0.4) is 0 Å². The van der Waals surface area contributed by atoms with Crippen LogP contribution in [-0.4, -0.2) is 41.9 Å². The van der Waals surface area contributed by atoms with Crippen LogP contribution in [-0.2, 0) is 6.54 Å². The summed E-state index contributed by atoms with van der Waals surface area (Å²) in [7, 11) is 3.93. The van der Waals surface area contributed by atoms with Gasteiger partial charge in [0.1, 0.15) is 6.17 Å². The summed E-state index contributed by atoms with van der Waals surface area (Å²) in [6.45, 7) is 5.64. The fraction of sp³-hybridized carbons (Fsp3) is 0.769. The van der Waals surface area contributed by atoms with Crippen molar-refractivity contribution in [1.82, 2.24) is 14.7 Å². The first-order valence-electron chi connectivity index (χ1n) is 6.58. The van der Waals surface area contributed by atoms with Crippen LogP contribution < -0.4 is 5.73 Å². The second-order valence-corrected chi connectivity index (χ2v) is 5.86. The summed E-state index contributed by atoms with van der Waals surface area (Å²) >= 11 is 6.08. The summed E-state index contributed by atoms with van der Waals surface area (Å²) < 4.78 is 16.3. The third-order valence-electron chi connectivity index (χ3n) is 3.36. The Morgan fingerprint density at radius 2 is 2.11 bits per heavy atom. The van der Waals surface area contributed by atoms with Gasteiger partial charge < -0.3 is 10.6 Å². The lowest BCUT2D eigenvalue weighted by Crippen LogP contribution is -2.27. The van der Waals surface area contributed by atoms with Crippen LogP contribution in [0.4, 0.5) is 4.39 Å². The van der Waals surface area contributed by atoms with Gasteiger partial charge in [-0.15, -0.1) is 0 Å². The molecule has 0 spiro atoms. The van der Waals surface area contributed by atoms with Crippen molar-refractivity contribution in [1.29, 1.82) is 0 Å². The van der Waals surface area contributed by atoms with Crippen molar-refractivity contribution in [3.63, 3.8) is 0 Å². The smallest absolute Gasteiger partial charge is 0.147 e. The first kappa shape index (κ1) is 16.4. The fourth-order valence-corrected chi connectivity index (χ4v) is 2.30. The summed E-state index contributed by atoms with van der Waals surface area (Å²) in [5.74, 6) is -0.0828. The third kappa shape index (κ3) is 4.16. The molecule has 0 aliphatic heterocycles. The molecule has 19 heavy (non-hydrogen) atoms. The molecule has 1 rings (SSSR count). The van der Waals surface area contributed by atoms with E-state index in [4.69, 9.17) is 17.3 Å². The molecular formula is C13H24ClFN4. The predicted molar refractivity (Wildman–Crippen MR) is 77.0 cm³/mol. The molecule has 1 aromatic rings. The summed E-state index contributed by atoms with van der Waals surface area (Å²) in [6.07, 6.45) is 0.328. The summed E-state index contributed by atoms with van der Waals surface area (Å²) in [4.78, 5) is 2.02. The fourth-order valence-electron chi connectivity index (χ4n) is 2.05. The number of hydrogen-bond acceptors (Lipinski definition) is 3. The molecule has 0 fully saturated rings. The van der Waals surface area contributed by atoms with E-state index in [0.29, 0.717) is 23.8 Å². The summed E-state index contributed by atoms with van der Waals surface area (Å²) in [6, 6.07) is 0. The van der Waals surface area contributed by atoms with E-state index in [-0.39, 0.29) is 11.8 Å². The molecule has 1 aromatic heterocycles. The Balaban J connectivity index is 2.94. The first-order chi connectivity index (χ1) is 8.88. The summed E-state index contributed by atoms with van der Waals surface area (Å²) in [5.41, 5.74) is 6.13. The van der Waals surface area contributed by atoms with Crippen LogP contribution >= 0.6 is 11.6 Å². The van der Waals surface area contributed by atoms with Crippen molar-refractivity contribution in [2.75, 3.05) is 27.2 Å². The van der Waals surface area contributed by atoms with Gasteiger partial charge in [-0.2, -0.15) is 5.10 Å². The molecule has 6 heteroatoms. The van der Waals surface area contributed by atoms with E-state index in [1.807, 2.05) is 32.8 Å². The lowest BCUT2D eigenvalue weighted by atomic mass is 9.89. The zero-order valence-corrected chi connectivity index (χ0v) is 12.9. The van der Waals surface area contributed by atoms with Crippen LogP contribution in [0.1, 0.15) is 25.7 Å². The Morgan fingerprint density at radius 1 is 1.47 bits per heavy atom. The maximum Gasteiger partial charge on any atom is 0.147 e. The molecule has 0 bridgehead atoms. The van der Waals surface area contributed by atoms with Crippen molar-refractivity contribution in [2.24, 2.45) is 17.6 Å². The quantitative estimate of drug-likeness (QED) is 0.838. The minimum atomic E-state index is -1.18. The molecule has 0 radical (unpaired) electrons. The number of aromatic nitrogens is 2. The minimum absolute atomic E-state index is 0.160. The van der Waals surface area contributed by atoms with Crippen LogP contribution in [0.15, 0.2) is 6.20 Å². The molecule has 4 nitrogen and oxygen atoms in total. The number of rotatable bonds is 7. The van der Waals surface area contributed by atoms with Gasteiger partial charge in [0.15, 0.2) is 0 Å². The topological polar surface area (TPSA) is 47.1 Å². The van der Waals surface area contributed by atoms with Crippen LogP contribution in [0.25, 0.3) is 0 Å². The zero-order chi connectivity index (χ0) is 14.6. The molecule has 0 aromatic carbocycles. The number of alkyl halides is 1. The molecular weight excluding hydrogens is 267 g/mol. The van der Waals surface area contributed by atoms with E-state index < -0.39 is 6.17 Å². The average Bonchev–Trinajstić information content (AvgIpc) is 2.68. The predicted octanol–water partition coefficient (Wildman–Crippen LogP) is 2.34. The monoisotopic (exact) mass is 290 g/mol. The zero-order valence-electron chi connectivity index (χ0n) is 12.1. The van der Waals surface area contributed by atoms with Crippen molar-refractivity contribution < 1.29 is 4.39 Å². The molecule has 2 unspecified atom stereocenters. The molecule has 0 amide bonds. The van der Waals surface area contributed by atoms with Crippen molar-refractivity contribution in [3.05, 3.63) is 16.9 Å². The summed E-state index contributed by atoms with van der Waals surface area (Å²) in [5, 5.41) is 4.54. The van der Waals surface area contributed by atoms with Crippen LogP contribution in [0.5, 0.6) is 0 Å². The van der Waals surface area contributed by atoms with E-state index >= 15 is 0 Å². The molecule has 0 aliphatic rings.